The Balaban J connectivity index is 2.13. The van der Waals surface area contributed by atoms with E-state index in [1.54, 1.807) is 17.7 Å². The molecule has 0 unspecified atom stereocenters. The van der Waals surface area contributed by atoms with Gasteiger partial charge in [-0.15, -0.1) is 0 Å². The third-order valence-corrected chi connectivity index (χ3v) is 2.61. The quantitative estimate of drug-likeness (QED) is 0.903. The average Bonchev–Trinajstić information content (AvgIpc) is 2.73. The van der Waals surface area contributed by atoms with E-state index >= 15 is 0 Å². The summed E-state index contributed by atoms with van der Waals surface area (Å²) in [5, 5.41) is 4.20. The smallest absolute Gasteiger partial charge is 0.132 e. The lowest BCUT2D eigenvalue weighted by Gasteiger charge is -2.13. The number of nitrogens with two attached hydrogens (primary N) is 1. The summed E-state index contributed by atoms with van der Waals surface area (Å²) in [7, 11) is 1.84. The summed E-state index contributed by atoms with van der Waals surface area (Å²) < 4.78 is 20.5. The van der Waals surface area contributed by atoms with Crippen molar-refractivity contribution in [3.63, 3.8) is 0 Å². The lowest BCUT2D eigenvalue weighted by atomic mass is 10.1. The molecule has 0 aliphatic carbocycles. The van der Waals surface area contributed by atoms with Crippen molar-refractivity contribution in [2.75, 3.05) is 0 Å². The van der Waals surface area contributed by atoms with Gasteiger partial charge in [-0.25, -0.2) is 4.39 Å². The highest BCUT2D eigenvalue weighted by molar-refractivity contribution is 5.36. The Morgan fingerprint density at radius 1 is 1.44 bits per heavy atom. The molecule has 0 amide bonds. The SMILES string of the molecule is C[C@H](N)c1cc(F)ccc1OCc1ccn(C)n1. The molecule has 0 bridgehead atoms. The summed E-state index contributed by atoms with van der Waals surface area (Å²) in [5.74, 6) is 0.282. The van der Waals surface area contributed by atoms with Gasteiger partial charge in [0.1, 0.15) is 18.2 Å². The highest BCUT2D eigenvalue weighted by Crippen LogP contribution is 2.25. The third-order valence-electron chi connectivity index (χ3n) is 2.61. The molecule has 0 spiro atoms. The molecule has 1 aromatic heterocycles. The van der Waals surface area contributed by atoms with Crippen LogP contribution in [-0.4, -0.2) is 9.78 Å². The lowest BCUT2D eigenvalue weighted by molar-refractivity contribution is 0.295. The minimum Gasteiger partial charge on any atom is -0.487 e. The first-order valence-corrected chi connectivity index (χ1v) is 5.72. The minimum atomic E-state index is -0.313. The Hall–Kier alpha value is -1.88. The predicted molar refractivity (Wildman–Crippen MR) is 66.5 cm³/mol. The molecule has 1 heterocycles. The van der Waals surface area contributed by atoms with Gasteiger partial charge in [-0.1, -0.05) is 0 Å². The molecule has 0 fully saturated rings. The van der Waals surface area contributed by atoms with Gasteiger partial charge in [-0.05, 0) is 31.2 Å². The molecule has 0 aliphatic heterocycles. The van der Waals surface area contributed by atoms with Crippen LogP contribution >= 0.6 is 0 Å². The molecule has 4 nitrogen and oxygen atoms in total. The Kier molecular flexibility index (Phi) is 3.62. The van der Waals surface area contributed by atoms with Crippen molar-refractivity contribution in [3.8, 4) is 5.75 Å². The summed E-state index contributed by atoms with van der Waals surface area (Å²) in [6.45, 7) is 2.13. The van der Waals surface area contributed by atoms with Crippen molar-refractivity contribution >= 4 is 0 Å². The van der Waals surface area contributed by atoms with Gasteiger partial charge in [-0.2, -0.15) is 5.10 Å². The van der Waals surface area contributed by atoms with Crippen molar-refractivity contribution < 1.29 is 9.13 Å². The number of benzene rings is 1. The molecule has 1 atom stereocenters. The van der Waals surface area contributed by atoms with E-state index in [1.807, 2.05) is 19.3 Å². The Labute approximate surface area is 105 Å². The second-order valence-electron chi connectivity index (χ2n) is 4.24. The minimum absolute atomic E-state index is 0.278. The average molecular weight is 249 g/mol. The summed E-state index contributed by atoms with van der Waals surface area (Å²) in [6, 6.07) is 5.95. The maximum absolute atomic E-state index is 13.1. The molecule has 0 radical (unpaired) electrons. The van der Waals surface area contributed by atoms with Gasteiger partial charge in [0.2, 0.25) is 0 Å². The monoisotopic (exact) mass is 249 g/mol. The van der Waals surface area contributed by atoms with E-state index in [0.717, 1.165) is 5.69 Å². The number of rotatable bonds is 4. The van der Waals surface area contributed by atoms with E-state index in [1.165, 1.54) is 12.1 Å². The standard InChI is InChI=1S/C13H16FN3O/c1-9(15)12-7-10(14)3-4-13(12)18-8-11-5-6-17(2)16-11/h3-7,9H,8,15H2,1-2H3/t9-/m0/s1. The highest BCUT2D eigenvalue weighted by Gasteiger charge is 2.10. The Bertz CT molecular complexity index is 537. The first-order chi connectivity index (χ1) is 8.56. The molecule has 0 aliphatic rings. The fourth-order valence-electron chi connectivity index (χ4n) is 1.70. The topological polar surface area (TPSA) is 53.1 Å². The van der Waals surface area contributed by atoms with E-state index in [0.29, 0.717) is 17.9 Å². The maximum Gasteiger partial charge on any atom is 0.132 e. The van der Waals surface area contributed by atoms with Crippen LogP contribution in [0, 0.1) is 5.82 Å². The van der Waals surface area contributed by atoms with Gasteiger partial charge >= 0.3 is 0 Å². The summed E-state index contributed by atoms with van der Waals surface area (Å²) >= 11 is 0. The number of aromatic nitrogens is 2. The summed E-state index contributed by atoms with van der Waals surface area (Å²) in [6.07, 6.45) is 1.84. The van der Waals surface area contributed by atoms with E-state index < -0.39 is 0 Å². The van der Waals surface area contributed by atoms with E-state index in [-0.39, 0.29) is 11.9 Å². The van der Waals surface area contributed by atoms with Crippen molar-refractivity contribution in [3.05, 3.63) is 47.5 Å². The van der Waals surface area contributed by atoms with Crippen LogP contribution in [-0.2, 0) is 13.7 Å². The van der Waals surface area contributed by atoms with Crippen LogP contribution in [0.3, 0.4) is 0 Å². The maximum atomic E-state index is 13.1. The van der Waals surface area contributed by atoms with E-state index in [2.05, 4.69) is 5.10 Å². The van der Waals surface area contributed by atoms with Crippen LogP contribution in [0.5, 0.6) is 5.75 Å². The van der Waals surface area contributed by atoms with Gasteiger partial charge < -0.3 is 10.5 Å². The fourth-order valence-corrected chi connectivity index (χ4v) is 1.70. The normalized spacial score (nSPS) is 12.4. The number of aryl methyl sites for hydroxylation is 1. The first-order valence-electron chi connectivity index (χ1n) is 5.72. The lowest BCUT2D eigenvalue weighted by Crippen LogP contribution is -2.09. The third kappa shape index (κ3) is 2.87. The van der Waals surface area contributed by atoms with Crippen LogP contribution in [0.25, 0.3) is 0 Å². The molecule has 0 saturated heterocycles. The van der Waals surface area contributed by atoms with Crippen molar-refractivity contribution in [1.82, 2.24) is 9.78 Å². The molecule has 1 aromatic carbocycles. The van der Waals surface area contributed by atoms with Crippen LogP contribution in [0.4, 0.5) is 4.39 Å². The van der Waals surface area contributed by atoms with Crippen LogP contribution in [0.1, 0.15) is 24.2 Å². The summed E-state index contributed by atoms with van der Waals surface area (Å²) in [4.78, 5) is 0. The van der Waals surface area contributed by atoms with Gasteiger partial charge in [0.15, 0.2) is 0 Å². The van der Waals surface area contributed by atoms with Crippen LogP contribution < -0.4 is 10.5 Å². The molecule has 0 saturated carbocycles. The molecule has 5 heteroatoms. The Morgan fingerprint density at radius 2 is 2.22 bits per heavy atom. The molecular weight excluding hydrogens is 233 g/mol. The largest absolute Gasteiger partial charge is 0.487 e. The second kappa shape index (κ2) is 5.18. The van der Waals surface area contributed by atoms with Crippen molar-refractivity contribution in [2.45, 2.75) is 19.6 Å². The van der Waals surface area contributed by atoms with Crippen LogP contribution in [0.2, 0.25) is 0 Å². The number of hydrogen-bond donors (Lipinski definition) is 1. The molecule has 2 N–H and O–H groups in total. The summed E-state index contributed by atoms with van der Waals surface area (Å²) in [5.41, 5.74) is 7.27. The number of halogens is 1. The number of nitrogens with zero attached hydrogens (tertiary/aromatic N) is 2. The van der Waals surface area contributed by atoms with Gasteiger partial charge in [-0.3, -0.25) is 4.68 Å². The molecule has 96 valence electrons. The molecule has 18 heavy (non-hydrogen) atoms. The van der Waals surface area contributed by atoms with Crippen molar-refractivity contribution in [2.24, 2.45) is 12.8 Å². The second-order valence-corrected chi connectivity index (χ2v) is 4.24. The fraction of sp³-hybridized carbons (Fsp3) is 0.308. The van der Waals surface area contributed by atoms with E-state index in [4.69, 9.17) is 10.5 Å². The predicted octanol–water partition coefficient (Wildman–Crippen LogP) is 2.16. The van der Waals surface area contributed by atoms with Gasteiger partial charge in [0.05, 0.1) is 5.69 Å². The van der Waals surface area contributed by atoms with E-state index in [9.17, 15) is 4.39 Å². The highest BCUT2D eigenvalue weighted by atomic mass is 19.1. The molecule has 2 aromatic rings. The molecular formula is C13H16FN3O. The Morgan fingerprint density at radius 3 is 2.83 bits per heavy atom. The zero-order valence-electron chi connectivity index (χ0n) is 10.4. The first kappa shape index (κ1) is 12.6. The number of ether oxygens (including phenoxy) is 1. The van der Waals surface area contributed by atoms with Crippen LogP contribution in [0.15, 0.2) is 30.5 Å². The zero-order chi connectivity index (χ0) is 13.1. The number of hydrogen-bond acceptors (Lipinski definition) is 3. The van der Waals surface area contributed by atoms with Crippen molar-refractivity contribution in [1.29, 1.82) is 0 Å². The zero-order valence-corrected chi connectivity index (χ0v) is 10.4. The van der Waals surface area contributed by atoms with Gasteiger partial charge in [0, 0.05) is 24.8 Å². The van der Waals surface area contributed by atoms with Gasteiger partial charge in [0.25, 0.3) is 0 Å². The molecule has 2 rings (SSSR count).